The summed E-state index contributed by atoms with van der Waals surface area (Å²) in [5.41, 5.74) is 2.72. The van der Waals surface area contributed by atoms with Crippen LogP contribution in [0.3, 0.4) is 0 Å². The molecule has 2 amide bonds. The maximum atomic E-state index is 12.4. The van der Waals surface area contributed by atoms with E-state index in [4.69, 9.17) is 0 Å². The standard InChI is InChI=1S/C22H25N5O2S/c1-16(26-10-6-20-18(15-26)7-11-30-20)13-24-21(28)25-19-5-2-4-17(12-19)14-27-9-3-8-23-22(27)29/h2-5,7-9,11-12,16H,6,10,13-15H2,1H3,(H2,24,25,28)/t16-/m1/s1. The maximum Gasteiger partial charge on any atom is 0.347 e. The molecule has 156 valence electrons. The second-order valence-electron chi connectivity index (χ2n) is 7.50. The minimum absolute atomic E-state index is 0.231. The highest BCUT2D eigenvalue weighted by atomic mass is 32.1. The Morgan fingerprint density at radius 2 is 2.20 bits per heavy atom. The number of nitrogens with zero attached hydrogens (tertiary/aromatic N) is 3. The van der Waals surface area contributed by atoms with E-state index < -0.39 is 0 Å². The number of benzene rings is 1. The highest BCUT2D eigenvalue weighted by molar-refractivity contribution is 7.10. The van der Waals surface area contributed by atoms with Crippen molar-refractivity contribution >= 4 is 23.1 Å². The van der Waals surface area contributed by atoms with Crippen molar-refractivity contribution in [2.24, 2.45) is 0 Å². The van der Waals surface area contributed by atoms with Gasteiger partial charge >= 0.3 is 11.7 Å². The monoisotopic (exact) mass is 423 g/mol. The Balaban J connectivity index is 1.29. The first-order valence-corrected chi connectivity index (χ1v) is 10.9. The number of amides is 2. The molecule has 1 atom stereocenters. The molecule has 0 radical (unpaired) electrons. The second kappa shape index (κ2) is 9.23. The van der Waals surface area contributed by atoms with Crippen LogP contribution in [0.2, 0.25) is 0 Å². The number of urea groups is 1. The summed E-state index contributed by atoms with van der Waals surface area (Å²) in [5.74, 6) is 0. The van der Waals surface area contributed by atoms with Gasteiger partial charge in [0.05, 0.1) is 6.54 Å². The highest BCUT2D eigenvalue weighted by Crippen LogP contribution is 2.25. The molecule has 4 rings (SSSR count). The molecule has 0 aliphatic carbocycles. The van der Waals surface area contributed by atoms with Gasteiger partial charge in [-0.25, -0.2) is 14.6 Å². The quantitative estimate of drug-likeness (QED) is 0.639. The third-order valence-corrected chi connectivity index (χ3v) is 6.36. The van der Waals surface area contributed by atoms with Gasteiger partial charge in [0.25, 0.3) is 0 Å². The van der Waals surface area contributed by atoms with Crippen LogP contribution in [0, 0.1) is 0 Å². The van der Waals surface area contributed by atoms with Gasteiger partial charge in [-0.3, -0.25) is 9.47 Å². The van der Waals surface area contributed by atoms with Crippen LogP contribution in [0.4, 0.5) is 10.5 Å². The fourth-order valence-electron chi connectivity index (χ4n) is 3.64. The highest BCUT2D eigenvalue weighted by Gasteiger charge is 2.21. The van der Waals surface area contributed by atoms with Gasteiger partial charge in [0, 0.05) is 48.6 Å². The number of nitrogens with one attached hydrogen (secondary N) is 2. The minimum atomic E-state index is -0.296. The number of hydrogen-bond donors (Lipinski definition) is 2. The third kappa shape index (κ3) is 4.95. The van der Waals surface area contributed by atoms with Crippen molar-refractivity contribution < 1.29 is 4.79 Å². The van der Waals surface area contributed by atoms with Crippen LogP contribution in [-0.2, 0) is 19.5 Å². The molecule has 3 heterocycles. The number of aromatic nitrogens is 2. The number of fused-ring (bicyclic) bond motifs is 1. The van der Waals surface area contributed by atoms with Crippen LogP contribution in [-0.4, -0.2) is 39.6 Å². The predicted octanol–water partition coefficient (Wildman–Crippen LogP) is 2.92. The van der Waals surface area contributed by atoms with Gasteiger partial charge < -0.3 is 10.6 Å². The van der Waals surface area contributed by atoms with E-state index >= 15 is 0 Å². The van der Waals surface area contributed by atoms with Crippen LogP contribution in [0.5, 0.6) is 0 Å². The molecule has 7 nitrogen and oxygen atoms in total. The zero-order valence-electron chi connectivity index (χ0n) is 16.9. The Hall–Kier alpha value is -2.97. The van der Waals surface area contributed by atoms with Crippen molar-refractivity contribution in [2.45, 2.75) is 32.5 Å². The van der Waals surface area contributed by atoms with E-state index in [1.165, 1.54) is 21.2 Å². The summed E-state index contributed by atoms with van der Waals surface area (Å²) in [6.45, 7) is 5.09. The van der Waals surface area contributed by atoms with Crippen molar-refractivity contribution in [2.75, 3.05) is 18.4 Å². The molecule has 0 bridgehead atoms. The van der Waals surface area contributed by atoms with Gasteiger partial charge in [-0.05, 0) is 54.1 Å². The lowest BCUT2D eigenvalue weighted by molar-refractivity contribution is 0.188. The van der Waals surface area contributed by atoms with Gasteiger partial charge in [0.1, 0.15) is 0 Å². The number of carbonyl (C=O) groups excluding carboxylic acids is 1. The van der Waals surface area contributed by atoms with Crippen LogP contribution in [0.1, 0.15) is 22.9 Å². The smallest absolute Gasteiger partial charge is 0.336 e. The zero-order valence-corrected chi connectivity index (χ0v) is 17.7. The average molecular weight is 424 g/mol. The van der Waals surface area contributed by atoms with Crippen molar-refractivity contribution in [1.82, 2.24) is 19.8 Å². The SMILES string of the molecule is C[C@H](CNC(=O)Nc1cccc(Cn2cccnc2=O)c1)N1CCc2sccc2C1. The first-order chi connectivity index (χ1) is 14.6. The molecule has 1 aliphatic rings. The Morgan fingerprint density at radius 3 is 3.07 bits per heavy atom. The molecule has 3 aromatic rings. The van der Waals surface area contributed by atoms with Gasteiger partial charge in [0.15, 0.2) is 0 Å². The lowest BCUT2D eigenvalue weighted by Gasteiger charge is -2.32. The van der Waals surface area contributed by atoms with Crippen molar-refractivity contribution in [1.29, 1.82) is 0 Å². The van der Waals surface area contributed by atoms with Gasteiger partial charge in [0.2, 0.25) is 0 Å². The van der Waals surface area contributed by atoms with Crippen LogP contribution in [0.15, 0.2) is 59.0 Å². The summed E-state index contributed by atoms with van der Waals surface area (Å²) in [4.78, 5) is 31.8. The summed E-state index contributed by atoms with van der Waals surface area (Å²) in [7, 11) is 0. The van der Waals surface area contributed by atoms with Crippen molar-refractivity contribution in [3.8, 4) is 0 Å². The van der Waals surface area contributed by atoms with Crippen LogP contribution >= 0.6 is 11.3 Å². The summed E-state index contributed by atoms with van der Waals surface area (Å²) in [5, 5.41) is 8.01. The Labute approximate surface area is 179 Å². The van der Waals surface area contributed by atoms with Crippen LogP contribution in [0.25, 0.3) is 0 Å². The molecule has 0 fully saturated rings. The van der Waals surface area contributed by atoms with Gasteiger partial charge in [-0.15, -0.1) is 11.3 Å². The second-order valence-corrected chi connectivity index (χ2v) is 8.50. The molecule has 0 saturated carbocycles. The number of anilines is 1. The fraction of sp³-hybridized carbons (Fsp3) is 0.318. The maximum absolute atomic E-state index is 12.4. The summed E-state index contributed by atoms with van der Waals surface area (Å²) in [6.07, 6.45) is 4.25. The number of carbonyl (C=O) groups is 1. The Bertz CT molecular complexity index is 1080. The molecular weight excluding hydrogens is 398 g/mol. The Kier molecular flexibility index (Phi) is 6.25. The van der Waals surface area contributed by atoms with E-state index in [0.29, 0.717) is 18.8 Å². The van der Waals surface area contributed by atoms with Crippen LogP contribution < -0.4 is 16.3 Å². The number of rotatable bonds is 6. The van der Waals surface area contributed by atoms with E-state index in [9.17, 15) is 9.59 Å². The number of hydrogen-bond acceptors (Lipinski definition) is 5. The zero-order chi connectivity index (χ0) is 20.9. The molecule has 1 aromatic carbocycles. The molecule has 2 aromatic heterocycles. The van der Waals surface area contributed by atoms with E-state index in [2.05, 4.69) is 38.9 Å². The van der Waals surface area contributed by atoms with E-state index in [0.717, 1.165) is 25.1 Å². The molecule has 0 saturated heterocycles. The minimum Gasteiger partial charge on any atom is -0.336 e. The summed E-state index contributed by atoms with van der Waals surface area (Å²) < 4.78 is 1.53. The average Bonchev–Trinajstić information content (AvgIpc) is 3.22. The largest absolute Gasteiger partial charge is 0.347 e. The third-order valence-electron chi connectivity index (χ3n) is 5.34. The first kappa shape index (κ1) is 20.3. The lowest BCUT2D eigenvalue weighted by atomic mass is 10.1. The van der Waals surface area contributed by atoms with Gasteiger partial charge in [-0.1, -0.05) is 12.1 Å². The van der Waals surface area contributed by atoms with E-state index in [1.54, 1.807) is 12.3 Å². The number of thiophene rings is 1. The molecule has 8 heteroatoms. The molecule has 1 aliphatic heterocycles. The molecule has 0 spiro atoms. The van der Waals surface area contributed by atoms with E-state index in [-0.39, 0.29) is 17.8 Å². The Morgan fingerprint density at radius 1 is 1.30 bits per heavy atom. The lowest BCUT2D eigenvalue weighted by Crippen LogP contribution is -2.45. The fourth-order valence-corrected chi connectivity index (χ4v) is 4.53. The first-order valence-electron chi connectivity index (χ1n) is 10.0. The normalized spacial score (nSPS) is 14.7. The molecule has 2 N–H and O–H groups in total. The summed E-state index contributed by atoms with van der Waals surface area (Å²) >= 11 is 1.83. The van der Waals surface area contributed by atoms with Crippen molar-refractivity contribution in [3.05, 3.63) is 80.7 Å². The summed E-state index contributed by atoms with van der Waals surface area (Å²) in [6, 6.07) is 11.4. The topological polar surface area (TPSA) is 79.3 Å². The van der Waals surface area contributed by atoms with E-state index in [1.807, 2.05) is 35.6 Å². The molecule has 0 unspecified atom stereocenters. The van der Waals surface area contributed by atoms with Gasteiger partial charge in [-0.2, -0.15) is 0 Å². The van der Waals surface area contributed by atoms with Crippen molar-refractivity contribution in [3.63, 3.8) is 0 Å². The predicted molar refractivity (Wildman–Crippen MR) is 119 cm³/mol. The molecule has 30 heavy (non-hydrogen) atoms. The molecular formula is C22H25N5O2S.